The Balaban J connectivity index is 1.54. The summed E-state index contributed by atoms with van der Waals surface area (Å²) in [6, 6.07) is 7.91. The Morgan fingerprint density at radius 2 is 1.84 bits per heavy atom. The number of methoxy groups -OCH3 is 1. The first-order valence-electron chi connectivity index (χ1n) is 10.5. The van der Waals surface area contributed by atoms with E-state index in [0.717, 1.165) is 28.7 Å². The lowest BCUT2D eigenvalue weighted by atomic mass is 9.74. The third kappa shape index (κ3) is 3.81. The van der Waals surface area contributed by atoms with E-state index < -0.39 is 11.2 Å². The summed E-state index contributed by atoms with van der Waals surface area (Å²) >= 11 is 0. The van der Waals surface area contributed by atoms with Gasteiger partial charge in [-0.25, -0.2) is 9.78 Å². The topological polar surface area (TPSA) is 109 Å². The van der Waals surface area contributed by atoms with Crippen molar-refractivity contribution in [2.45, 2.75) is 24.8 Å². The molecule has 1 aliphatic rings. The van der Waals surface area contributed by atoms with Gasteiger partial charge in [-0.1, -0.05) is 12.1 Å². The van der Waals surface area contributed by atoms with Crippen LogP contribution in [0.3, 0.4) is 0 Å². The number of amides is 1. The summed E-state index contributed by atoms with van der Waals surface area (Å²) in [5.74, 6) is 0.544. The summed E-state index contributed by atoms with van der Waals surface area (Å²) in [7, 11) is 4.58. The molecule has 32 heavy (non-hydrogen) atoms. The summed E-state index contributed by atoms with van der Waals surface area (Å²) in [6.45, 7) is 1.63. The Labute approximate surface area is 184 Å². The van der Waals surface area contributed by atoms with Crippen molar-refractivity contribution in [3.63, 3.8) is 0 Å². The van der Waals surface area contributed by atoms with Crippen molar-refractivity contribution in [2.24, 2.45) is 14.1 Å². The number of aromatic nitrogens is 4. The van der Waals surface area contributed by atoms with Gasteiger partial charge in [0.2, 0.25) is 5.91 Å². The first-order valence-corrected chi connectivity index (χ1v) is 10.5. The maximum Gasteiger partial charge on any atom is 0.332 e. The van der Waals surface area contributed by atoms with Gasteiger partial charge in [0.25, 0.3) is 5.56 Å². The highest BCUT2D eigenvalue weighted by atomic mass is 16.5. The Kier molecular flexibility index (Phi) is 5.88. The van der Waals surface area contributed by atoms with Crippen LogP contribution in [0.5, 0.6) is 5.75 Å². The quantitative estimate of drug-likeness (QED) is 0.590. The molecule has 1 fully saturated rings. The fourth-order valence-corrected chi connectivity index (χ4v) is 4.27. The highest BCUT2D eigenvalue weighted by molar-refractivity contribution is 5.79. The van der Waals surface area contributed by atoms with Crippen LogP contribution in [0.2, 0.25) is 0 Å². The van der Waals surface area contributed by atoms with E-state index in [4.69, 9.17) is 9.47 Å². The minimum Gasteiger partial charge on any atom is -0.497 e. The maximum atomic E-state index is 12.8. The summed E-state index contributed by atoms with van der Waals surface area (Å²) in [5.41, 5.74) is 0.423. The minimum atomic E-state index is -0.479. The Bertz CT molecular complexity index is 1250. The molecule has 0 atom stereocenters. The molecule has 0 radical (unpaired) electrons. The van der Waals surface area contributed by atoms with Gasteiger partial charge in [-0.15, -0.1) is 0 Å². The number of hydrogen-bond donors (Lipinski definition) is 1. The molecule has 1 aliphatic heterocycles. The van der Waals surface area contributed by atoms with Crippen molar-refractivity contribution in [3.8, 4) is 5.75 Å². The molecule has 1 saturated heterocycles. The number of benzene rings is 1. The highest BCUT2D eigenvalue weighted by Gasteiger charge is 2.35. The molecule has 3 aromatic rings. The second-order valence-corrected chi connectivity index (χ2v) is 8.15. The minimum absolute atomic E-state index is 0.0703. The van der Waals surface area contributed by atoms with E-state index in [0.29, 0.717) is 19.8 Å². The number of nitrogens with zero attached hydrogens (tertiary/aromatic N) is 4. The van der Waals surface area contributed by atoms with Crippen LogP contribution in [0.4, 0.5) is 0 Å². The predicted molar refractivity (Wildman–Crippen MR) is 118 cm³/mol. The molecule has 0 spiro atoms. The van der Waals surface area contributed by atoms with Crippen molar-refractivity contribution in [1.29, 1.82) is 0 Å². The van der Waals surface area contributed by atoms with Crippen LogP contribution in [0.1, 0.15) is 18.4 Å². The van der Waals surface area contributed by atoms with Crippen molar-refractivity contribution >= 4 is 17.1 Å². The predicted octanol–water partition coefficient (Wildman–Crippen LogP) is 0.307. The van der Waals surface area contributed by atoms with Gasteiger partial charge in [-0.05, 0) is 30.5 Å². The zero-order valence-electron chi connectivity index (χ0n) is 18.5. The molecule has 2 aromatic heterocycles. The van der Waals surface area contributed by atoms with Gasteiger partial charge in [-0.3, -0.25) is 18.7 Å². The maximum absolute atomic E-state index is 12.8. The molecule has 0 unspecified atom stereocenters. The number of fused-ring (bicyclic) bond motifs is 1. The number of aryl methyl sites for hydroxylation is 1. The fourth-order valence-electron chi connectivity index (χ4n) is 4.27. The molecule has 170 valence electrons. The first-order chi connectivity index (χ1) is 15.4. The lowest BCUT2D eigenvalue weighted by Crippen LogP contribution is -2.45. The number of imidazole rings is 1. The molecule has 1 aromatic carbocycles. The summed E-state index contributed by atoms with van der Waals surface area (Å²) in [4.78, 5) is 41.7. The van der Waals surface area contributed by atoms with E-state index in [1.54, 1.807) is 14.2 Å². The monoisotopic (exact) mass is 441 g/mol. The smallest absolute Gasteiger partial charge is 0.332 e. The van der Waals surface area contributed by atoms with Gasteiger partial charge in [0.05, 0.1) is 13.4 Å². The number of carbonyl (C=O) groups excluding carboxylic acids is 1. The Morgan fingerprint density at radius 3 is 2.50 bits per heavy atom. The van der Waals surface area contributed by atoms with Crippen LogP contribution >= 0.6 is 0 Å². The van der Waals surface area contributed by atoms with E-state index in [9.17, 15) is 14.4 Å². The van der Waals surface area contributed by atoms with Crippen LogP contribution in [0.15, 0.2) is 40.2 Å². The number of carbonyl (C=O) groups is 1. The summed E-state index contributed by atoms with van der Waals surface area (Å²) < 4.78 is 14.6. The van der Waals surface area contributed by atoms with Gasteiger partial charge in [0.1, 0.15) is 12.3 Å². The number of nitrogens with one attached hydrogen (secondary N) is 1. The molecule has 1 N–H and O–H groups in total. The largest absolute Gasteiger partial charge is 0.497 e. The average molecular weight is 441 g/mol. The fraction of sp³-hybridized carbons (Fsp3) is 0.455. The van der Waals surface area contributed by atoms with Crippen LogP contribution < -0.4 is 21.3 Å². The second kappa shape index (κ2) is 8.62. The van der Waals surface area contributed by atoms with Crippen LogP contribution in [0, 0.1) is 0 Å². The lowest BCUT2D eigenvalue weighted by molar-refractivity contribution is -0.122. The van der Waals surface area contributed by atoms with E-state index in [1.165, 1.54) is 22.5 Å². The summed E-state index contributed by atoms with van der Waals surface area (Å²) in [5, 5.41) is 3.03. The molecule has 0 saturated carbocycles. The van der Waals surface area contributed by atoms with E-state index >= 15 is 0 Å². The first kappa shape index (κ1) is 21.8. The number of rotatable bonds is 6. The Morgan fingerprint density at radius 1 is 1.16 bits per heavy atom. The van der Waals surface area contributed by atoms with Gasteiger partial charge >= 0.3 is 5.69 Å². The van der Waals surface area contributed by atoms with Gasteiger partial charge in [0, 0.05) is 39.3 Å². The normalized spacial score (nSPS) is 15.6. The molecule has 4 rings (SSSR count). The van der Waals surface area contributed by atoms with E-state index in [2.05, 4.69) is 10.3 Å². The highest BCUT2D eigenvalue weighted by Crippen LogP contribution is 2.35. The van der Waals surface area contributed by atoms with Crippen molar-refractivity contribution in [3.05, 3.63) is 57.0 Å². The average Bonchev–Trinajstić information content (AvgIpc) is 3.24. The molecular formula is C22H27N5O5. The van der Waals surface area contributed by atoms with Gasteiger partial charge in [0.15, 0.2) is 11.2 Å². The molecule has 10 nitrogen and oxygen atoms in total. The van der Waals surface area contributed by atoms with Crippen LogP contribution in [-0.2, 0) is 35.6 Å². The van der Waals surface area contributed by atoms with Crippen LogP contribution in [0.25, 0.3) is 11.2 Å². The lowest BCUT2D eigenvalue weighted by Gasteiger charge is -2.38. The van der Waals surface area contributed by atoms with E-state index in [1.807, 2.05) is 24.3 Å². The molecule has 3 heterocycles. The standard InChI is InChI=1S/C22H27N5O5/c1-25-19-18(20(29)26(2)21(25)30)27(14-24-19)12-17(28)23-13-22(8-10-32-11-9-22)15-4-6-16(31-3)7-5-15/h4-7,14H,8-13H2,1-3H3,(H,23,28). The zero-order valence-corrected chi connectivity index (χ0v) is 18.5. The SMILES string of the molecule is COc1ccc(C2(CNC(=O)Cn3cnc4c3c(=O)n(C)c(=O)n4C)CCOCC2)cc1. The summed E-state index contributed by atoms with van der Waals surface area (Å²) in [6.07, 6.45) is 2.99. The third-order valence-electron chi connectivity index (χ3n) is 6.31. The van der Waals surface area contributed by atoms with Gasteiger partial charge < -0.3 is 19.4 Å². The second-order valence-electron chi connectivity index (χ2n) is 8.15. The molecule has 10 heteroatoms. The third-order valence-corrected chi connectivity index (χ3v) is 6.31. The van der Waals surface area contributed by atoms with E-state index in [-0.39, 0.29) is 29.0 Å². The van der Waals surface area contributed by atoms with Crippen molar-refractivity contribution in [2.75, 3.05) is 26.9 Å². The Hall–Kier alpha value is -3.40. The molecule has 0 bridgehead atoms. The number of ether oxygens (including phenoxy) is 2. The van der Waals surface area contributed by atoms with Crippen molar-refractivity contribution in [1.82, 2.24) is 24.0 Å². The molecule has 1 amide bonds. The number of hydrogen-bond acceptors (Lipinski definition) is 6. The van der Waals surface area contributed by atoms with Gasteiger partial charge in [-0.2, -0.15) is 0 Å². The molecule has 0 aliphatic carbocycles. The van der Waals surface area contributed by atoms with Crippen molar-refractivity contribution < 1.29 is 14.3 Å². The molecular weight excluding hydrogens is 414 g/mol. The van der Waals surface area contributed by atoms with Crippen LogP contribution in [-0.4, -0.2) is 51.5 Å². The zero-order chi connectivity index (χ0) is 22.9.